The highest BCUT2D eigenvalue weighted by Gasteiger charge is 1.83. The summed E-state index contributed by atoms with van der Waals surface area (Å²) in [5.74, 6) is 0. The second kappa shape index (κ2) is 6.85. The predicted octanol–water partition coefficient (Wildman–Crippen LogP) is 1.48. The van der Waals surface area contributed by atoms with Gasteiger partial charge in [0, 0.05) is 6.61 Å². The zero-order chi connectivity index (χ0) is 6.24. The first kappa shape index (κ1) is 7.85. The molecule has 0 rings (SSSR count). The van der Waals surface area contributed by atoms with Gasteiger partial charge in [-0.2, -0.15) is 0 Å². The minimum atomic E-state index is -0.816. The Balaban J connectivity index is 2.53. The maximum atomic E-state index is 11.1. The molecule has 3 heteroatoms. The molecule has 0 aliphatic heterocycles. The van der Waals surface area contributed by atoms with Gasteiger partial charge in [-0.1, -0.05) is 6.92 Å². The fourth-order valence-electron chi connectivity index (χ4n) is 0.240. The molecule has 1 radical (unpaired) electrons. The Morgan fingerprint density at radius 3 is 2.75 bits per heavy atom. The maximum Gasteiger partial charge on any atom is 0.212 e. The zero-order valence-corrected chi connectivity index (χ0v) is 4.89. The summed E-state index contributed by atoms with van der Waals surface area (Å²) in [4.78, 5) is 0. The first-order valence-corrected chi connectivity index (χ1v) is 2.52. The minimum absolute atomic E-state index is 0.583. The van der Waals surface area contributed by atoms with Crippen molar-refractivity contribution in [1.29, 1.82) is 0 Å². The fraction of sp³-hybridized carbons (Fsp3) is 0.800. The van der Waals surface area contributed by atoms with Crippen LogP contribution in [0.25, 0.3) is 0 Å². The van der Waals surface area contributed by atoms with Crippen LogP contribution in [-0.4, -0.2) is 13.5 Å². The third-order valence-corrected chi connectivity index (χ3v) is 0.521. The number of alkyl halides is 1. The molecule has 0 aliphatic rings. The van der Waals surface area contributed by atoms with Gasteiger partial charge in [-0.05, 0) is 6.42 Å². The molecule has 0 unspecified atom stereocenters. The Kier molecular flexibility index (Phi) is 6.72. The van der Waals surface area contributed by atoms with Gasteiger partial charge in [-0.3, -0.25) is 0 Å². The maximum absolute atomic E-state index is 11.1. The molecule has 2 nitrogen and oxygen atoms in total. The Morgan fingerprint density at radius 2 is 2.25 bits per heavy atom. The molecule has 8 heavy (non-hydrogen) atoms. The van der Waals surface area contributed by atoms with Gasteiger partial charge < -0.3 is 9.47 Å². The van der Waals surface area contributed by atoms with E-state index in [4.69, 9.17) is 0 Å². The van der Waals surface area contributed by atoms with Crippen LogP contribution < -0.4 is 0 Å². The van der Waals surface area contributed by atoms with Gasteiger partial charge in [0.05, 0.1) is 0 Å². The predicted molar refractivity (Wildman–Crippen MR) is 27.6 cm³/mol. The van der Waals surface area contributed by atoms with Crippen molar-refractivity contribution in [3.63, 3.8) is 0 Å². The van der Waals surface area contributed by atoms with E-state index in [1.165, 1.54) is 0 Å². The lowest BCUT2D eigenvalue weighted by Gasteiger charge is -1.96. The average molecular weight is 121 g/mol. The zero-order valence-electron chi connectivity index (χ0n) is 4.89. The Hall–Kier alpha value is -0.150. The van der Waals surface area contributed by atoms with Crippen LogP contribution in [0.4, 0.5) is 4.39 Å². The first-order chi connectivity index (χ1) is 3.91. The summed E-state index contributed by atoms with van der Waals surface area (Å²) < 4.78 is 19.8. The first-order valence-electron chi connectivity index (χ1n) is 2.52. The molecular weight excluding hydrogens is 111 g/mol. The summed E-state index contributed by atoms with van der Waals surface area (Å²) in [5, 5.41) is 0. The van der Waals surface area contributed by atoms with E-state index in [9.17, 15) is 4.39 Å². The number of hydrogen-bond acceptors (Lipinski definition) is 2. The molecule has 0 amide bonds. The van der Waals surface area contributed by atoms with Gasteiger partial charge in [-0.15, -0.1) is 0 Å². The smallest absolute Gasteiger partial charge is 0.212 e. The van der Waals surface area contributed by atoms with Crippen LogP contribution in [0.2, 0.25) is 0 Å². The highest BCUT2D eigenvalue weighted by molar-refractivity contribution is 4.27. The van der Waals surface area contributed by atoms with Crippen molar-refractivity contribution in [2.24, 2.45) is 0 Å². The largest absolute Gasteiger partial charge is 0.348 e. The van der Waals surface area contributed by atoms with Gasteiger partial charge in [-0.25, -0.2) is 4.39 Å². The van der Waals surface area contributed by atoms with Crippen molar-refractivity contribution < 1.29 is 13.9 Å². The molecule has 0 aromatic carbocycles. The Labute approximate surface area is 48.6 Å². The van der Waals surface area contributed by atoms with Crippen LogP contribution in [0, 0.1) is 6.79 Å². The van der Waals surface area contributed by atoms with E-state index >= 15 is 0 Å². The lowest BCUT2D eigenvalue weighted by atomic mass is 10.5. The molecule has 0 aliphatic carbocycles. The van der Waals surface area contributed by atoms with Gasteiger partial charge in [0.1, 0.15) is 0 Å². The van der Waals surface area contributed by atoms with E-state index in [1.54, 1.807) is 0 Å². The van der Waals surface area contributed by atoms with Crippen LogP contribution in [-0.2, 0) is 9.47 Å². The lowest BCUT2D eigenvalue weighted by Crippen LogP contribution is -1.92. The molecule has 0 saturated heterocycles. The Morgan fingerprint density at radius 1 is 1.50 bits per heavy atom. The Bertz CT molecular complexity index is 35.4. The highest BCUT2D eigenvalue weighted by Crippen LogP contribution is 1.86. The van der Waals surface area contributed by atoms with Gasteiger partial charge >= 0.3 is 0 Å². The molecule has 0 atom stereocenters. The number of halogens is 1. The van der Waals surface area contributed by atoms with Crippen molar-refractivity contribution in [3.8, 4) is 0 Å². The minimum Gasteiger partial charge on any atom is -0.348 e. The van der Waals surface area contributed by atoms with Crippen molar-refractivity contribution in [1.82, 2.24) is 0 Å². The second-order valence-electron chi connectivity index (χ2n) is 1.24. The monoisotopic (exact) mass is 121 g/mol. The molecule has 0 spiro atoms. The quantitative estimate of drug-likeness (QED) is 0.513. The highest BCUT2D eigenvalue weighted by atomic mass is 19.1. The topological polar surface area (TPSA) is 18.5 Å². The van der Waals surface area contributed by atoms with Crippen molar-refractivity contribution >= 4 is 0 Å². The van der Waals surface area contributed by atoms with E-state index in [2.05, 4.69) is 9.47 Å². The number of hydrogen-bond donors (Lipinski definition) is 0. The lowest BCUT2D eigenvalue weighted by molar-refractivity contribution is -0.0151. The number of ether oxygens (including phenoxy) is 2. The SMILES string of the molecule is CCCO[CH]OCF. The van der Waals surface area contributed by atoms with E-state index < -0.39 is 6.86 Å². The van der Waals surface area contributed by atoms with Crippen LogP contribution in [0.15, 0.2) is 0 Å². The molecular formula is C5H10FO2. The molecule has 0 fully saturated rings. The molecule has 0 heterocycles. The van der Waals surface area contributed by atoms with Gasteiger partial charge in [0.15, 0.2) is 6.86 Å². The summed E-state index contributed by atoms with van der Waals surface area (Å²) in [6, 6.07) is 0. The summed E-state index contributed by atoms with van der Waals surface area (Å²) in [6.45, 7) is 2.75. The third-order valence-electron chi connectivity index (χ3n) is 0.521. The molecule has 49 valence electrons. The molecule has 0 saturated carbocycles. The standard InChI is InChI=1S/C5H10FO2/c1-2-3-7-5-8-4-6/h5H,2-4H2,1H3. The molecule has 0 bridgehead atoms. The summed E-state index contributed by atoms with van der Waals surface area (Å²) in [6.07, 6.45) is 0.909. The molecule has 0 aromatic heterocycles. The summed E-state index contributed by atoms with van der Waals surface area (Å²) >= 11 is 0. The van der Waals surface area contributed by atoms with Crippen LogP contribution in [0.3, 0.4) is 0 Å². The van der Waals surface area contributed by atoms with Gasteiger partial charge in [0.2, 0.25) is 6.79 Å². The van der Waals surface area contributed by atoms with E-state index in [0.717, 1.165) is 13.2 Å². The molecule has 0 aromatic rings. The van der Waals surface area contributed by atoms with Crippen molar-refractivity contribution in [2.45, 2.75) is 13.3 Å². The van der Waals surface area contributed by atoms with E-state index in [0.29, 0.717) is 6.61 Å². The summed E-state index contributed by atoms with van der Waals surface area (Å²) in [5.41, 5.74) is 0. The fourth-order valence-corrected chi connectivity index (χ4v) is 0.240. The van der Waals surface area contributed by atoms with Crippen molar-refractivity contribution in [2.75, 3.05) is 13.5 Å². The van der Waals surface area contributed by atoms with Crippen LogP contribution in [0.5, 0.6) is 0 Å². The second-order valence-corrected chi connectivity index (χ2v) is 1.24. The van der Waals surface area contributed by atoms with Crippen LogP contribution in [0.1, 0.15) is 13.3 Å². The van der Waals surface area contributed by atoms with E-state index in [-0.39, 0.29) is 0 Å². The van der Waals surface area contributed by atoms with Crippen LogP contribution >= 0.6 is 0 Å². The van der Waals surface area contributed by atoms with E-state index in [1.807, 2.05) is 6.92 Å². The van der Waals surface area contributed by atoms with Gasteiger partial charge in [0.25, 0.3) is 0 Å². The molecule has 0 N–H and O–H groups in total. The summed E-state index contributed by atoms with van der Waals surface area (Å²) in [7, 11) is 0. The average Bonchev–Trinajstić information content (AvgIpc) is 1.81. The van der Waals surface area contributed by atoms with Crippen molar-refractivity contribution in [3.05, 3.63) is 6.79 Å². The third kappa shape index (κ3) is 5.85. The number of rotatable bonds is 5. The normalized spacial score (nSPS) is 9.75.